The van der Waals surface area contributed by atoms with Gasteiger partial charge in [0.1, 0.15) is 11.6 Å². The third-order valence-corrected chi connectivity index (χ3v) is 8.14. The van der Waals surface area contributed by atoms with Gasteiger partial charge in [-0.15, -0.1) is 0 Å². The van der Waals surface area contributed by atoms with Crippen molar-refractivity contribution in [3.8, 4) is 0 Å². The van der Waals surface area contributed by atoms with E-state index in [4.69, 9.17) is 0 Å². The molecule has 4 aliphatic carbocycles. The molecule has 4 fully saturated rings. The number of ketones is 2. The molecule has 0 unspecified atom stereocenters. The monoisotopic (exact) mass is 304 g/mol. The molecule has 4 rings (SSSR count). The molecule has 3 nitrogen and oxygen atoms in total. The lowest BCUT2D eigenvalue weighted by atomic mass is 9.45. The third kappa shape index (κ3) is 1.78. The van der Waals surface area contributed by atoms with Crippen LogP contribution in [-0.2, 0) is 9.59 Å². The van der Waals surface area contributed by atoms with Gasteiger partial charge in [-0.25, -0.2) is 0 Å². The second-order valence-electron chi connectivity index (χ2n) is 8.95. The normalized spacial score (nSPS) is 54.6. The Kier molecular flexibility index (Phi) is 3.15. The van der Waals surface area contributed by atoms with Gasteiger partial charge in [-0.05, 0) is 61.7 Å². The van der Waals surface area contributed by atoms with Gasteiger partial charge in [0, 0.05) is 24.2 Å². The van der Waals surface area contributed by atoms with Gasteiger partial charge in [0.05, 0.1) is 6.10 Å². The second kappa shape index (κ2) is 4.66. The molecular weight excluding hydrogens is 276 g/mol. The molecule has 122 valence electrons. The van der Waals surface area contributed by atoms with Crippen LogP contribution in [0.2, 0.25) is 0 Å². The SMILES string of the molecule is C[C@]12CC[C@H](O)C[C@H]1C(=O)C[C@H]1[C@H]2CC[C@]2(C)C(=O)CC[C@@H]12. The van der Waals surface area contributed by atoms with Crippen LogP contribution in [0.15, 0.2) is 0 Å². The molecule has 0 aliphatic heterocycles. The van der Waals surface area contributed by atoms with Gasteiger partial charge in [-0.3, -0.25) is 9.59 Å². The molecule has 7 atom stereocenters. The van der Waals surface area contributed by atoms with Crippen LogP contribution >= 0.6 is 0 Å². The van der Waals surface area contributed by atoms with E-state index >= 15 is 0 Å². The fourth-order valence-electron chi connectivity index (χ4n) is 6.79. The summed E-state index contributed by atoms with van der Waals surface area (Å²) < 4.78 is 0. The number of Topliss-reactive ketones (excluding diaryl/α,β-unsaturated/α-hetero) is 2. The zero-order chi connectivity index (χ0) is 15.7. The average molecular weight is 304 g/mol. The van der Waals surface area contributed by atoms with Crippen LogP contribution in [0, 0.1) is 34.5 Å². The number of fused-ring (bicyclic) bond motifs is 5. The maximum Gasteiger partial charge on any atom is 0.139 e. The molecule has 4 aliphatic rings. The zero-order valence-corrected chi connectivity index (χ0v) is 13.8. The molecule has 1 N–H and O–H groups in total. The lowest BCUT2D eigenvalue weighted by molar-refractivity contribution is -0.160. The first-order valence-electron chi connectivity index (χ1n) is 9.10. The number of carbonyl (C=O) groups excluding carboxylic acids is 2. The Morgan fingerprint density at radius 3 is 2.59 bits per heavy atom. The number of rotatable bonds is 0. The highest BCUT2D eigenvalue weighted by molar-refractivity contribution is 5.88. The summed E-state index contributed by atoms with van der Waals surface area (Å²) in [6, 6.07) is 0. The largest absolute Gasteiger partial charge is 0.393 e. The van der Waals surface area contributed by atoms with Crippen molar-refractivity contribution in [1.82, 2.24) is 0 Å². The minimum atomic E-state index is -0.291. The Morgan fingerprint density at radius 1 is 1.05 bits per heavy atom. The van der Waals surface area contributed by atoms with Crippen LogP contribution in [0.5, 0.6) is 0 Å². The summed E-state index contributed by atoms with van der Waals surface area (Å²) in [6.07, 6.45) is 6.67. The molecule has 4 saturated carbocycles. The van der Waals surface area contributed by atoms with E-state index in [1.807, 2.05) is 0 Å². The quantitative estimate of drug-likeness (QED) is 0.748. The van der Waals surface area contributed by atoms with Crippen LogP contribution < -0.4 is 0 Å². The first kappa shape index (κ1) is 14.9. The van der Waals surface area contributed by atoms with Crippen molar-refractivity contribution >= 4 is 11.6 Å². The summed E-state index contributed by atoms with van der Waals surface area (Å²) in [5.41, 5.74) is -0.0922. The van der Waals surface area contributed by atoms with Crippen molar-refractivity contribution in [3.63, 3.8) is 0 Å². The highest BCUT2D eigenvalue weighted by Gasteiger charge is 2.62. The molecule has 0 saturated heterocycles. The van der Waals surface area contributed by atoms with Gasteiger partial charge in [0.2, 0.25) is 0 Å². The van der Waals surface area contributed by atoms with Gasteiger partial charge < -0.3 is 5.11 Å². The predicted molar refractivity (Wildman–Crippen MR) is 83.1 cm³/mol. The molecule has 22 heavy (non-hydrogen) atoms. The highest BCUT2D eigenvalue weighted by Crippen LogP contribution is 2.64. The third-order valence-electron chi connectivity index (χ3n) is 8.14. The summed E-state index contributed by atoms with van der Waals surface area (Å²) in [7, 11) is 0. The molecule has 0 aromatic rings. The number of hydrogen-bond donors (Lipinski definition) is 1. The van der Waals surface area contributed by atoms with E-state index in [9.17, 15) is 14.7 Å². The summed E-state index contributed by atoms with van der Waals surface area (Å²) >= 11 is 0. The summed E-state index contributed by atoms with van der Waals surface area (Å²) in [5, 5.41) is 10.0. The average Bonchev–Trinajstić information content (AvgIpc) is 2.77. The van der Waals surface area contributed by atoms with Crippen LogP contribution in [0.25, 0.3) is 0 Å². The Morgan fingerprint density at radius 2 is 1.82 bits per heavy atom. The molecule has 0 amide bonds. The molecule has 0 aromatic heterocycles. The fraction of sp³-hybridized carbons (Fsp3) is 0.895. The van der Waals surface area contributed by atoms with Crippen molar-refractivity contribution in [2.45, 2.75) is 71.3 Å². The Hall–Kier alpha value is -0.700. The minimum Gasteiger partial charge on any atom is -0.393 e. The number of hydrogen-bond acceptors (Lipinski definition) is 3. The standard InChI is InChI=1S/C19H28O3/c1-18-7-5-11(20)9-15(18)16(21)10-12-13-3-4-17(22)19(13,2)8-6-14(12)18/h11-15,20H,3-10H2,1-2H3/t11-,12+,13-,14+,15-,18+,19-/m0/s1. The van der Waals surface area contributed by atoms with Gasteiger partial charge in [-0.2, -0.15) is 0 Å². The zero-order valence-electron chi connectivity index (χ0n) is 13.8. The van der Waals surface area contributed by atoms with E-state index in [0.717, 1.165) is 38.5 Å². The maximum absolute atomic E-state index is 12.8. The molecule has 0 bridgehead atoms. The van der Waals surface area contributed by atoms with Gasteiger partial charge in [0.15, 0.2) is 0 Å². The second-order valence-corrected chi connectivity index (χ2v) is 8.95. The maximum atomic E-state index is 12.8. The van der Waals surface area contributed by atoms with E-state index in [1.54, 1.807) is 0 Å². The minimum absolute atomic E-state index is 0.0546. The van der Waals surface area contributed by atoms with Crippen LogP contribution in [0.1, 0.15) is 65.2 Å². The van der Waals surface area contributed by atoms with E-state index in [-0.39, 0.29) is 22.9 Å². The number of aliphatic hydroxyl groups is 1. The van der Waals surface area contributed by atoms with E-state index < -0.39 is 0 Å². The van der Waals surface area contributed by atoms with Crippen molar-refractivity contribution in [1.29, 1.82) is 0 Å². The first-order chi connectivity index (χ1) is 10.4. The molecule has 3 heteroatoms. The van der Waals surface area contributed by atoms with Crippen molar-refractivity contribution in [2.24, 2.45) is 34.5 Å². The van der Waals surface area contributed by atoms with Crippen LogP contribution in [0.3, 0.4) is 0 Å². The van der Waals surface area contributed by atoms with Crippen LogP contribution in [0.4, 0.5) is 0 Å². The lowest BCUT2D eigenvalue weighted by Gasteiger charge is -2.59. The molecule has 0 heterocycles. The van der Waals surface area contributed by atoms with Gasteiger partial charge >= 0.3 is 0 Å². The van der Waals surface area contributed by atoms with Crippen molar-refractivity contribution in [2.75, 3.05) is 0 Å². The fourth-order valence-corrected chi connectivity index (χ4v) is 6.79. The van der Waals surface area contributed by atoms with E-state index in [2.05, 4.69) is 13.8 Å². The van der Waals surface area contributed by atoms with Crippen molar-refractivity contribution < 1.29 is 14.7 Å². The Balaban J connectivity index is 1.69. The van der Waals surface area contributed by atoms with Crippen LogP contribution in [-0.4, -0.2) is 22.8 Å². The number of aliphatic hydroxyl groups excluding tert-OH is 1. The van der Waals surface area contributed by atoms with E-state index in [1.165, 1.54) is 0 Å². The lowest BCUT2D eigenvalue weighted by Crippen LogP contribution is -2.57. The smallest absolute Gasteiger partial charge is 0.139 e. The molecule has 0 aromatic carbocycles. The first-order valence-corrected chi connectivity index (χ1v) is 9.10. The topological polar surface area (TPSA) is 54.4 Å². The predicted octanol–water partition coefficient (Wildman–Crippen LogP) is 3.14. The van der Waals surface area contributed by atoms with Gasteiger partial charge in [-0.1, -0.05) is 13.8 Å². The number of carbonyl (C=O) groups is 2. The van der Waals surface area contributed by atoms with Crippen molar-refractivity contribution in [3.05, 3.63) is 0 Å². The molecule has 0 radical (unpaired) electrons. The Bertz CT molecular complexity index is 527. The molecular formula is C19H28O3. The summed E-state index contributed by atoms with van der Waals surface area (Å²) in [6.45, 7) is 4.46. The summed E-state index contributed by atoms with van der Waals surface area (Å²) in [5.74, 6) is 2.27. The van der Waals surface area contributed by atoms with E-state index in [0.29, 0.717) is 42.2 Å². The molecule has 0 spiro atoms. The summed E-state index contributed by atoms with van der Waals surface area (Å²) in [4.78, 5) is 25.2. The highest BCUT2D eigenvalue weighted by atomic mass is 16.3. The Labute approximate surface area is 132 Å². The van der Waals surface area contributed by atoms with Gasteiger partial charge in [0.25, 0.3) is 0 Å².